The highest BCUT2D eigenvalue weighted by molar-refractivity contribution is 5.80. The average molecular weight is 334 g/mol. The van der Waals surface area contributed by atoms with Crippen LogP contribution in [0, 0.1) is 5.92 Å². The van der Waals surface area contributed by atoms with Gasteiger partial charge in [0.2, 0.25) is 5.91 Å². The normalized spacial score (nSPS) is 12.4. The second-order valence-corrected chi connectivity index (χ2v) is 6.98. The topological polar surface area (TPSA) is 34.0 Å². The van der Waals surface area contributed by atoms with Crippen LogP contribution in [-0.4, -0.2) is 10.5 Å². The van der Waals surface area contributed by atoms with Gasteiger partial charge in [-0.3, -0.25) is 4.79 Å². The van der Waals surface area contributed by atoms with E-state index < -0.39 is 0 Å². The van der Waals surface area contributed by atoms with Crippen molar-refractivity contribution in [3.05, 3.63) is 72.4 Å². The van der Waals surface area contributed by atoms with Gasteiger partial charge >= 0.3 is 0 Å². The third kappa shape index (κ3) is 4.50. The van der Waals surface area contributed by atoms with Crippen LogP contribution in [0.3, 0.4) is 0 Å². The lowest BCUT2D eigenvalue weighted by Gasteiger charge is -2.21. The van der Waals surface area contributed by atoms with Gasteiger partial charge in [-0.1, -0.05) is 62.4 Å². The van der Waals surface area contributed by atoms with E-state index in [0.29, 0.717) is 18.9 Å². The molecule has 130 valence electrons. The number of aryl methyl sites for hydroxylation is 1. The fourth-order valence-corrected chi connectivity index (χ4v) is 3.26. The Morgan fingerprint density at radius 3 is 2.48 bits per heavy atom. The SMILES string of the molecule is CC(C)CC(NC(=O)CCn1ccc2ccccc21)c1ccccc1. The van der Waals surface area contributed by atoms with Crippen LogP contribution < -0.4 is 5.32 Å². The first-order valence-corrected chi connectivity index (χ1v) is 9.01. The number of hydrogen-bond donors (Lipinski definition) is 1. The number of nitrogens with zero attached hydrogens (tertiary/aromatic N) is 1. The minimum Gasteiger partial charge on any atom is -0.349 e. The Hall–Kier alpha value is -2.55. The van der Waals surface area contributed by atoms with Crippen LogP contribution in [0.2, 0.25) is 0 Å². The van der Waals surface area contributed by atoms with Gasteiger partial charge in [0.05, 0.1) is 6.04 Å². The maximum Gasteiger partial charge on any atom is 0.222 e. The molecule has 1 N–H and O–H groups in total. The fraction of sp³-hybridized carbons (Fsp3) is 0.318. The second-order valence-electron chi connectivity index (χ2n) is 6.98. The Kier molecular flexibility index (Phi) is 5.54. The van der Waals surface area contributed by atoms with Gasteiger partial charge in [0.15, 0.2) is 0 Å². The minimum atomic E-state index is 0.0788. The molecule has 1 amide bonds. The first kappa shape index (κ1) is 17.3. The van der Waals surface area contributed by atoms with Crippen molar-refractivity contribution >= 4 is 16.8 Å². The van der Waals surface area contributed by atoms with Gasteiger partial charge in [0, 0.05) is 24.7 Å². The molecule has 0 saturated heterocycles. The predicted molar refractivity (Wildman–Crippen MR) is 103 cm³/mol. The first-order chi connectivity index (χ1) is 12.1. The predicted octanol–water partition coefficient (Wildman–Crippen LogP) is 4.94. The van der Waals surface area contributed by atoms with Crippen molar-refractivity contribution in [3.63, 3.8) is 0 Å². The van der Waals surface area contributed by atoms with Crippen LogP contribution in [0.1, 0.15) is 38.3 Å². The van der Waals surface area contributed by atoms with Crippen LogP contribution in [0.25, 0.3) is 10.9 Å². The molecule has 1 aromatic heterocycles. The molecule has 3 aromatic rings. The fourth-order valence-electron chi connectivity index (χ4n) is 3.26. The van der Waals surface area contributed by atoms with Crippen molar-refractivity contribution in [1.29, 1.82) is 0 Å². The Morgan fingerprint density at radius 1 is 1.00 bits per heavy atom. The van der Waals surface area contributed by atoms with E-state index in [0.717, 1.165) is 6.42 Å². The summed E-state index contributed by atoms with van der Waals surface area (Å²) in [5.41, 5.74) is 2.35. The van der Waals surface area contributed by atoms with Gasteiger partial charge in [-0.25, -0.2) is 0 Å². The quantitative estimate of drug-likeness (QED) is 0.653. The van der Waals surface area contributed by atoms with Gasteiger partial charge in [0.25, 0.3) is 0 Å². The Labute approximate surface area is 149 Å². The molecular formula is C22H26N2O. The molecule has 0 radical (unpaired) electrons. The van der Waals surface area contributed by atoms with Crippen molar-refractivity contribution in [2.24, 2.45) is 5.92 Å². The number of benzene rings is 2. The highest BCUT2D eigenvalue weighted by Gasteiger charge is 2.16. The largest absolute Gasteiger partial charge is 0.349 e. The smallest absolute Gasteiger partial charge is 0.222 e. The highest BCUT2D eigenvalue weighted by atomic mass is 16.1. The van der Waals surface area contributed by atoms with Crippen LogP contribution in [0.15, 0.2) is 66.9 Å². The van der Waals surface area contributed by atoms with Crippen LogP contribution in [0.5, 0.6) is 0 Å². The van der Waals surface area contributed by atoms with Crippen LogP contribution >= 0.6 is 0 Å². The summed E-state index contributed by atoms with van der Waals surface area (Å²) >= 11 is 0. The van der Waals surface area contributed by atoms with Crippen LogP contribution in [0.4, 0.5) is 0 Å². The Bertz CT molecular complexity index is 820. The number of aromatic nitrogens is 1. The molecule has 2 aromatic carbocycles. The molecule has 0 fully saturated rings. The molecule has 1 heterocycles. The number of fused-ring (bicyclic) bond motifs is 1. The third-order valence-corrected chi connectivity index (χ3v) is 4.50. The van der Waals surface area contributed by atoms with E-state index in [-0.39, 0.29) is 11.9 Å². The minimum absolute atomic E-state index is 0.0788. The molecule has 3 heteroatoms. The molecule has 1 unspecified atom stereocenters. The van der Waals surface area contributed by atoms with Crippen molar-refractivity contribution in [3.8, 4) is 0 Å². The summed E-state index contributed by atoms with van der Waals surface area (Å²) in [4.78, 5) is 12.5. The summed E-state index contributed by atoms with van der Waals surface area (Å²) in [6, 6.07) is 20.7. The molecule has 0 aliphatic heterocycles. The molecule has 1 atom stereocenters. The third-order valence-electron chi connectivity index (χ3n) is 4.50. The van der Waals surface area contributed by atoms with Crippen LogP contribution in [-0.2, 0) is 11.3 Å². The molecule has 0 bridgehead atoms. The van der Waals surface area contributed by atoms with Gasteiger partial charge in [-0.05, 0) is 35.4 Å². The van der Waals surface area contributed by atoms with E-state index in [1.165, 1.54) is 16.5 Å². The molecule has 0 aliphatic rings. The monoisotopic (exact) mass is 334 g/mol. The standard InChI is InChI=1S/C22H26N2O/c1-17(2)16-20(18-8-4-3-5-9-18)23-22(25)13-15-24-14-12-19-10-6-7-11-21(19)24/h3-12,14,17,20H,13,15-16H2,1-2H3,(H,23,25). The van der Waals surface area contributed by atoms with Crippen molar-refractivity contribution in [1.82, 2.24) is 9.88 Å². The van der Waals surface area contributed by atoms with Crippen molar-refractivity contribution in [2.75, 3.05) is 0 Å². The number of carbonyl (C=O) groups excluding carboxylic acids is 1. The molecule has 0 spiro atoms. The summed E-state index contributed by atoms with van der Waals surface area (Å²) < 4.78 is 2.15. The molecule has 25 heavy (non-hydrogen) atoms. The van der Waals surface area contributed by atoms with E-state index in [2.05, 4.69) is 60.3 Å². The molecule has 3 nitrogen and oxygen atoms in total. The number of para-hydroxylation sites is 1. The van der Waals surface area contributed by atoms with E-state index >= 15 is 0 Å². The Balaban J connectivity index is 1.63. The molecule has 3 rings (SSSR count). The van der Waals surface area contributed by atoms with Gasteiger partial charge < -0.3 is 9.88 Å². The first-order valence-electron chi connectivity index (χ1n) is 9.01. The lowest BCUT2D eigenvalue weighted by Crippen LogP contribution is -2.30. The average Bonchev–Trinajstić information content (AvgIpc) is 3.03. The van der Waals surface area contributed by atoms with Crippen molar-refractivity contribution < 1.29 is 4.79 Å². The zero-order valence-corrected chi connectivity index (χ0v) is 15.0. The lowest BCUT2D eigenvalue weighted by molar-refractivity contribution is -0.122. The van der Waals surface area contributed by atoms with Gasteiger partial charge in [-0.2, -0.15) is 0 Å². The summed E-state index contributed by atoms with van der Waals surface area (Å²) in [5.74, 6) is 0.631. The zero-order valence-electron chi connectivity index (χ0n) is 15.0. The van der Waals surface area contributed by atoms with E-state index in [1.807, 2.05) is 30.3 Å². The number of carbonyl (C=O) groups is 1. The van der Waals surface area contributed by atoms with Gasteiger partial charge in [-0.15, -0.1) is 0 Å². The molecule has 0 aliphatic carbocycles. The van der Waals surface area contributed by atoms with E-state index in [9.17, 15) is 4.79 Å². The highest BCUT2D eigenvalue weighted by Crippen LogP contribution is 2.21. The summed E-state index contributed by atoms with van der Waals surface area (Å²) in [7, 11) is 0. The summed E-state index contributed by atoms with van der Waals surface area (Å²) in [6.45, 7) is 5.07. The molecule has 0 saturated carbocycles. The van der Waals surface area contributed by atoms with E-state index in [1.54, 1.807) is 0 Å². The number of hydrogen-bond acceptors (Lipinski definition) is 1. The number of rotatable bonds is 7. The summed E-state index contributed by atoms with van der Waals surface area (Å²) in [6.07, 6.45) is 3.49. The van der Waals surface area contributed by atoms with E-state index in [4.69, 9.17) is 0 Å². The zero-order chi connectivity index (χ0) is 17.6. The second kappa shape index (κ2) is 8.02. The lowest BCUT2D eigenvalue weighted by atomic mass is 9.97. The maximum absolute atomic E-state index is 12.5. The number of amides is 1. The summed E-state index contributed by atoms with van der Waals surface area (Å²) in [5, 5.41) is 4.44. The number of nitrogens with one attached hydrogen (secondary N) is 1. The van der Waals surface area contributed by atoms with Gasteiger partial charge in [0.1, 0.15) is 0 Å². The molecular weight excluding hydrogens is 308 g/mol. The van der Waals surface area contributed by atoms with Crippen molar-refractivity contribution in [2.45, 2.75) is 39.3 Å². The maximum atomic E-state index is 12.5. The Morgan fingerprint density at radius 2 is 1.72 bits per heavy atom.